The van der Waals surface area contributed by atoms with Crippen molar-refractivity contribution in [3.05, 3.63) is 41.9 Å². The van der Waals surface area contributed by atoms with Gasteiger partial charge in [-0.15, -0.1) is 0 Å². The molecular formula is C19H25N5O4S. The Balaban J connectivity index is 1.69. The van der Waals surface area contributed by atoms with Gasteiger partial charge in [-0.2, -0.15) is 4.31 Å². The Bertz CT molecular complexity index is 1020. The number of nitrogens with zero attached hydrogens (tertiary/aromatic N) is 4. The monoisotopic (exact) mass is 419 g/mol. The van der Waals surface area contributed by atoms with Gasteiger partial charge in [0.1, 0.15) is 16.4 Å². The molecule has 9 nitrogen and oxygen atoms in total. The summed E-state index contributed by atoms with van der Waals surface area (Å²) < 4.78 is 28.3. The lowest BCUT2D eigenvalue weighted by atomic mass is 10.3. The molecule has 0 spiro atoms. The molecule has 1 aliphatic rings. The van der Waals surface area contributed by atoms with Crippen LogP contribution in [0, 0.1) is 6.92 Å². The van der Waals surface area contributed by atoms with Crippen molar-refractivity contribution in [1.29, 1.82) is 0 Å². The zero-order valence-corrected chi connectivity index (χ0v) is 17.6. The van der Waals surface area contributed by atoms with Gasteiger partial charge in [0.25, 0.3) is 5.91 Å². The maximum atomic E-state index is 12.8. The van der Waals surface area contributed by atoms with Gasteiger partial charge in [-0.05, 0) is 43.5 Å². The summed E-state index contributed by atoms with van der Waals surface area (Å²) in [5.41, 5.74) is 1.15. The summed E-state index contributed by atoms with van der Waals surface area (Å²) in [5, 5.41) is 2.65. The average molecular weight is 420 g/mol. The molecule has 0 unspecified atom stereocenters. The Hall–Kier alpha value is -2.72. The van der Waals surface area contributed by atoms with Crippen LogP contribution in [-0.2, 0) is 21.9 Å². The maximum absolute atomic E-state index is 12.8. The van der Waals surface area contributed by atoms with Gasteiger partial charge in [-0.25, -0.2) is 13.4 Å². The molecule has 0 saturated carbocycles. The Morgan fingerprint density at radius 3 is 2.59 bits per heavy atom. The molecule has 29 heavy (non-hydrogen) atoms. The van der Waals surface area contributed by atoms with Crippen LogP contribution in [0.4, 0.5) is 5.82 Å². The summed E-state index contributed by atoms with van der Waals surface area (Å²) in [5.74, 6) is -0.422. The van der Waals surface area contributed by atoms with Crippen molar-refractivity contribution in [3.8, 4) is 0 Å². The van der Waals surface area contributed by atoms with Gasteiger partial charge < -0.3 is 14.8 Å². The molecule has 2 aromatic heterocycles. The van der Waals surface area contributed by atoms with Crippen LogP contribution in [0.5, 0.6) is 0 Å². The van der Waals surface area contributed by atoms with E-state index in [1.54, 1.807) is 19.3 Å². The minimum Gasteiger partial charge on any atom is -0.345 e. The lowest BCUT2D eigenvalue weighted by Crippen LogP contribution is -2.35. The predicted octanol–water partition coefficient (Wildman–Crippen LogP) is 1.22. The first kappa shape index (κ1) is 21.0. The van der Waals surface area contributed by atoms with Gasteiger partial charge in [-0.1, -0.05) is 0 Å². The fourth-order valence-corrected chi connectivity index (χ4v) is 4.82. The standard InChI is InChI=1S/C19H25N5O4S/c1-14-6-7-20-17(10-14)21-18(25)13-23(3)19(26)16-11-15(12-22(16)2)29(27,28)24-8-4-5-9-24/h6-7,10-12H,4-5,8-9,13H2,1-3H3,(H,20,21,25). The summed E-state index contributed by atoms with van der Waals surface area (Å²) >= 11 is 0. The first-order valence-corrected chi connectivity index (χ1v) is 10.8. The smallest absolute Gasteiger partial charge is 0.270 e. The van der Waals surface area contributed by atoms with E-state index in [4.69, 9.17) is 0 Å². The molecule has 0 radical (unpaired) electrons. The van der Waals surface area contributed by atoms with Crippen LogP contribution in [0.25, 0.3) is 0 Å². The number of anilines is 1. The second-order valence-electron chi connectivity index (χ2n) is 7.21. The normalized spacial score (nSPS) is 14.7. The number of aryl methyl sites for hydroxylation is 2. The average Bonchev–Trinajstić information content (AvgIpc) is 3.31. The van der Waals surface area contributed by atoms with E-state index in [0.717, 1.165) is 18.4 Å². The van der Waals surface area contributed by atoms with E-state index in [1.165, 1.54) is 33.1 Å². The third-order valence-corrected chi connectivity index (χ3v) is 6.68. The molecule has 0 atom stereocenters. The van der Waals surface area contributed by atoms with Crippen LogP contribution in [-0.4, -0.2) is 65.7 Å². The molecule has 1 aliphatic heterocycles. The van der Waals surface area contributed by atoms with Gasteiger partial charge >= 0.3 is 0 Å². The largest absolute Gasteiger partial charge is 0.345 e. The number of likely N-dealkylation sites (N-methyl/N-ethyl adjacent to an activating group) is 1. The SMILES string of the molecule is Cc1ccnc(NC(=O)CN(C)C(=O)c2cc(S(=O)(=O)N3CCCC3)cn2C)c1. The molecule has 3 rings (SSSR count). The van der Waals surface area contributed by atoms with Gasteiger partial charge in [0.2, 0.25) is 15.9 Å². The van der Waals surface area contributed by atoms with Gasteiger partial charge in [0.15, 0.2) is 0 Å². The molecule has 0 bridgehead atoms. The van der Waals surface area contributed by atoms with E-state index >= 15 is 0 Å². The zero-order chi connectivity index (χ0) is 21.2. The van der Waals surface area contributed by atoms with Crippen molar-refractivity contribution >= 4 is 27.7 Å². The van der Waals surface area contributed by atoms with Crippen LogP contribution in [0.15, 0.2) is 35.5 Å². The van der Waals surface area contributed by atoms with E-state index in [0.29, 0.717) is 18.9 Å². The number of sulfonamides is 1. The fourth-order valence-electron chi connectivity index (χ4n) is 3.24. The third kappa shape index (κ3) is 4.65. The van der Waals surface area contributed by atoms with E-state index in [1.807, 2.05) is 13.0 Å². The molecule has 0 aliphatic carbocycles. The maximum Gasteiger partial charge on any atom is 0.270 e. The summed E-state index contributed by atoms with van der Waals surface area (Å²) in [7, 11) is -0.508. The van der Waals surface area contributed by atoms with Crippen LogP contribution in [0.2, 0.25) is 0 Å². The highest BCUT2D eigenvalue weighted by atomic mass is 32.2. The van der Waals surface area contributed by atoms with Crippen LogP contribution in [0.3, 0.4) is 0 Å². The molecular weight excluding hydrogens is 394 g/mol. The second kappa shape index (κ2) is 8.34. The first-order valence-electron chi connectivity index (χ1n) is 9.33. The number of aromatic nitrogens is 2. The third-order valence-electron chi connectivity index (χ3n) is 4.81. The number of amides is 2. The topological polar surface area (TPSA) is 105 Å². The van der Waals surface area contributed by atoms with Gasteiger partial charge in [-0.3, -0.25) is 9.59 Å². The minimum atomic E-state index is -3.61. The highest BCUT2D eigenvalue weighted by Gasteiger charge is 2.30. The van der Waals surface area contributed by atoms with E-state index < -0.39 is 21.8 Å². The highest BCUT2D eigenvalue weighted by molar-refractivity contribution is 7.89. The van der Waals surface area contributed by atoms with Crippen molar-refractivity contribution in [3.63, 3.8) is 0 Å². The van der Waals surface area contributed by atoms with Crippen LogP contribution in [0.1, 0.15) is 28.9 Å². The number of carbonyl (C=O) groups is 2. The quantitative estimate of drug-likeness (QED) is 0.758. The molecule has 1 fully saturated rings. The Kier molecular flexibility index (Phi) is 6.04. The Morgan fingerprint density at radius 2 is 1.93 bits per heavy atom. The van der Waals surface area contributed by atoms with Crippen LogP contribution < -0.4 is 5.32 Å². The number of hydrogen-bond donors (Lipinski definition) is 1. The van der Waals surface area contributed by atoms with E-state index in [2.05, 4.69) is 10.3 Å². The lowest BCUT2D eigenvalue weighted by Gasteiger charge is -2.17. The number of hydrogen-bond acceptors (Lipinski definition) is 5. The van der Waals surface area contributed by atoms with E-state index in [-0.39, 0.29) is 17.1 Å². The van der Waals surface area contributed by atoms with Crippen molar-refractivity contribution in [2.45, 2.75) is 24.7 Å². The summed E-state index contributed by atoms with van der Waals surface area (Å²) in [6.45, 7) is 2.69. The number of rotatable bonds is 6. The van der Waals surface area contributed by atoms with Crippen molar-refractivity contribution < 1.29 is 18.0 Å². The van der Waals surface area contributed by atoms with Crippen molar-refractivity contribution in [1.82, 2.24) is 18.8 Å². The Labute approximate surface area is 170 Å². The fraction of sp³-hybridized carbons (Fsp3) is 0.421. The molecule has 3 heterocycles. The molecule has 2 amide bonds. The number of nitrogens with one attached hydrogen (secondary N) is 1. The second-order valence-corrected chi connectivity index (χ2v) is 9.15. The molecule has 10 heteroatoms. The number of pyridine rings is 1. The summed E-state index contributed by atoms with van der Waals surface area (Å²) in [4.78, 5) is 30.4. The van der Waals surface area contributed by atoms with Crippen molar-refractivity contribution in [2.24, 2.45) is 7.05 Å². The van der Waals surface area contributed by atoms with Gasteiger partial charge in [0.05, 0.1) is 6.54 Å². The van der Waals surface area contributed by atoms with Crippen molar-refractivity contribution in [2.75, 3.05) is 32.0 Å². The molecule has 1 saturated heterocycles. The van der Waals surface area contributed by atoms with E-state index in [9.17, 15) is 18.0 Å². The summed E-state index contributed by atoms with van der Waals surface area (Å²) in [6, 6.07) is 4.91. The molecule has 1 N–H and O–H groups in total. The lowest BCUT2D eigenvalue weighted by molar-refractivity contribution is -0.116. The zero-order valence-electron chi connectivity index (χ0n) is 16.8. The molecule has 0 aromatic carbocycles. The minimum absolute atomic E-state index is 0.0899. The first-order chi connectivity index (χ1) is 13.7. The Morgan fingerprint density at radius 1 is 1.24 bits per heavy atom. The molecule has 156 valence electrons. The summed E-state index contributed by atoms with van der Waals surface area (Å²) in [6.07, 6.45) is 4.70. The molecule has 2 aromatic rings. The highest BCUT2D eigenvalue weighted by Crippen LogP contribution is 2.23. The predicted molar refractivity (Wildman–Crippen MR) is 108 cm³/mol. The van der Waals surface area contributed by atoms with Crippen LogP contribution >= 0.6 is 0 Å². The van der Waals surface area contributed by atoms with Gasteiger partial charge in [0, 0.05) is 39.6 Å². The number of carbonyl (C=O) groups excluding carboxylic acids is 2.